The van der Waals surface area contributed by atoms with Crippen molar-refractivity contribution in [3.05, 3.63) is 0 Å². The summed E-state index contributed by atoms with van der Waals surface area (Å²) in [6.07, 6.45) is 4.39. The van der Waals surface area contributed by atoms with Crippen LogP contribution in [-0.4, -0.2) is 56.0 Å². The number of nitrogens with two attached hydrogens (primary N) is 1. The summed E-state index contributed by atoms with van der Waals surface area (Å²) >= 11 is 0. The molecular weight excluding hydrogens is 250 g/mol. The molecule has 0 aromatic heterocycles. The Morgan fingerprint density at radius 3 is 2.50 bits per heavy atom. The fourth-order valence-electron chi connectivity index (χ4n) is 3.04. The molecule has 2 atom stereocenters. The van der Waals surface area contributed by atoms with Gasteiger partial charge in [-0.25, -0.2) is 0 Å². The molecule has 0 radical (unpaired) electrons. The van der Waals surface area contributed by atoms with Crippen LogP contribution in [0, 0.1) is 17.8 Å². The summed E-state index contributed by atoms with van der Waals surface area (Å²) in [4.78, 5) is 17.0. The minimum Gasteiger partial charge on any atom is -0.341 e. The maximum Gasteiger partial charge on any atom is 0.225 e. The molecule has 1 saturated carbocycles. The van der Waals surface area contributed by atoms with Crippen molar-refractivity contribution < 1.29 is 4.79 Å². The molecule has 0 aliphatic heterocycles. The largest absolute Gasteiger partial charge is 0.341 e. The Labute approximate surface area is 124 Å². The molecule has 0 aromatic carbocycles. The third-order valence-electron chi connectivity index (χ3n) is 4.18. The number of amides is 1. The summed E-state index contributed by atoms with van der Waals surface area (Å²) in [7, 11) is 4.12. The lowest BCUT2D eigenvalue weighted by atomic mass is 9.80. The van der Waals surface area contributed by atoms with Crippen LogP contribution in [0.25, 0.3) is 0 Å². The standard InChI is InChI=1S/C16H33N3O/c1-13(2)12-19(9-8-18(3)4)16(20)15-7-5-6-14(10-15)11-17/h13-15H,5-12,17H2,1-4H3. The number of likely N-dealkylation sites (N-methyl/N-ethyl adjacent to an activating group) is 1. The summed E-state index contributed by atoms with van der Waals surface area (Å²) in [6.45, 7) is 7.74. The second-order valence-electron chi connectivity index (χ2n) is 6.95. The van der Waals surface area contributed by atoms with Gasteiger partial charge in [-0.1, -0.05) is 20.3 Å². The smallest absolute Gasteiger partial charge is 0.225 e. The molecule has 118 valence electrons. The monoisotopic (exact) mass is 283 g/mol. The molecule has 2 N–H and O–H groups in total. The van der Waals surface area contributed by atoms with E-state index in [9.17, 15) is 4.79 Å². The van der Waals surface area contributed by atoms with Crippen molar-refractivity contribution >= 4 is 5.91 Å². The highest BCUT2D eigenvalue weighted by Crippen LogP contribution is 2.29. The zero-order chi connectivity index (χ0) is 15.1. The number of carbonyl (C=O) groups is 1. The van der Waals surface area contributed by atoms with E-state index in [0.29, 0.717) is 17.7 Å². The van der Waals surface area contributed by atoms with Crippen molar-refractivity contribution in [2.45, 2.75) is 39.5 Å². The van der Waals surface area contributed by atoms with Gasteiger partial charge in [0.25, 0.3) is 0 Å². The zero-order valence-corrected chi connectivity index (χ0v) is 13.8. The molecule has 0 spiro atoms. The van der Waals surface area contributed by atoms with E-state index < -0.39 is 0 Å². The topological polar surface area (TPSA) is 49.6 Å². The molecule has 2 unspecified atom stereocenters. The number of carbonyl (C=O) groups excluding carboxylic acids is 1. The number of rotatable bonds is 7. The van der Waals surface area contributed by atoms with Crippen molar-refractivity contribution in [1.29, 1.82) is 0 Å². The van der Waals surface area contributed by atoms with E-state index in [1.807, 2.05) is 0 Å². The Balaban J connectivity index is 2.60. The van der Waals surface area contributed by atoms with Crippen molar-refractivity contribution in [3.63, 3.8) is 0 Å². The lowest BCUT2D eigenvalue weighted by molar-refractivity contribution is -0.137. The lowest BCUT2D eigenvalue weighted by Gasteiger charge is -2.33. The molecular formula is C16H33N3O. The highest BCUT2D eigenvalue weighted by atomic mass is 16.2. The minimum atomic E-state index is 0.207. The first kappa shape index (κ1) is 17.4. The lowest BCUT2D eigenvalue weighted by Crippen LogP contribution is -2.43. The number of hydrogen-bond acceptors (Lipinski definition) is 3. The molecule has 4 heteroatoms. The van der Waals surface area contributed by atoms with Gasteiger partial charge in [-0.3, -0.25) is 4.79 Å². The summed E-state index contributed by atoms with van der Waals surface area (Å²) in [5, 5.41) is 0. The van der Waals surface area contributed by atoms with E-state index in [4.69, 9.17) is 5.73 Å². The van der Waals surface area contributed by atoms with Crippen molar-refractivity contribution in [2.75, 3.05) is 40.3 Å². The Kier molecular flexibility index (Phi) is 7.52. The van der Waals surface area contributed by atoms with Gasteiger partial charge in [0.1, 0.15) is 0 Å². The van der Waals surface area contributed by atoms with Crippen molar-refractivity contribution in [3.8, 4) is 0 Å². The maximum absolute atomic E-state index is 12.8. The second-order valence-corrected chi connectivity index (χ2v) is 6.95. The third kappa shape index (κ3) is 5.80. The van der Waals surface area contributed by atoms with Crippen molar-refractivity contribution in [1.82, 2.24) is 9.80 Å². The van der Waals surface area contributed by atoms with Crippen LogP contribution in [0.5, 0.6) is 0 Å². The van der Waals surface area contributed by atoms with Crippen LogP contribution in [0.2, 0.25) is 0 Å². The quantitative estimate of drug-likeness (QED) is 0.775. The van der Waals surface area contributed by atoms with Crippen LogP contribution in [-0.2, 0) is 4.79 Å². The molecule has 4 nitrogen and oxygen atoms in total. The third-order valence-corrected chi connectivity index (χ3v) is 4.18. The number of hydrogen-bond donors (Lipinski definition) is 1. The molecule has 0 heterocycles. The van der Waals surface area contributed by atoms with Gasteiger partial charge in [0, 0.05) is 25.6 Å². The summed E-state index contributed by atoms with van der Waals surface area (Å²) in [5.74, 6) is 1.64. The molecule has 0 bridgehead atoms. The molecule has 20 heavy (non-hydrogen) atoms. The Morgan fingerprint density at radius 2 is 1.95 bits per heavy atom. The average Bonchev–Trinajstić information content (AvgIpc) is 2.42. The van der Waals surface area contributed by atoms with E-state index in [0.717, 1.165) is 45.4 Å². The Morgan fingerprint density at radius 1 is 1.25 bits per heavy atom. The van der Waals surface area contributed by atoms with Gasteiger partial charge in [-0.15, -0.1) is 0 Å². The van der Waals surface area contributed by atoms with Gasteiger partial charge < -0.3 is 15.5 Å². The normalized spacial score (nSPS) is 23.4. The predicted molar refractivity (Wildman–Crippen MR) is 84.5 cm³/mol. The Bertz CT molecular complexity index is 291. The molecule has 1 aliphatic rings. The second kappa shape index (κ2) is 8.63. The SMILES string of the molecule is CC(C)CN(CCN(C)C)C(=O)C1CCCC(CN)C1. The highest BCUT2D eigenvalue weighted by Gasteiger charge is 2.29. The van der Waals surface area contributed by atoms with Gasteiger partial charge in [0.15, 0.2) is 0 Å². The molecule has 0 saturated heterocycles. The average molecular weight is 283 g/mol. The van der Waals surface area contributed by atoms with E-state index in [-0.39, 0.29) is 5.92 Å². The first-order valence-electron chi connectivity index (χ1n) is 8.07. The fraction of sp³-hybridized carbons (Fsp3) is 0.938. The van der Waals surface area contributed by atoms with Crippen molar-refractivity contribution in [2.24, 2.45) is 23.5 Å². The van der Waals surface area contributed by atoms with E-state index in [1.54, 1.807) is 0 Å². The van der Waals surface area contributed by atoms with Gasteiger partial charge >= 0.3 is 0 Å². The van der Waals surface area contributed by atoms with Crippen LogP contribution in [0.15, 0.2) is 0 Å². The predicted octanol–water partition coefficient (Wildman–Crippen LogP) is 1.80. The molecule has 1 fully saturated rings. The summed E-state index contributed by atoms with van der Waals surface area (Å²) in [5.41, 5.74) is 5.79. The summed E-state index contributed by atoms with van der Waals surface area (Å²) in [6, 6.07) is 0. The Hall–Kier alpha value is -0.610. The fourth-order valence-corrected chi connectivity index (χ4v) is 3.04. The van der Waals surface area contributed by atoms with E-state index in [1.165, 1.54) is 6.42 Å². The van der Waals surface area contributed by atoms with Crippen LogP contribution in [0.1, 0.15) is 39.5 Å². The van der Waals surface area contributed by atoms with Gasteiger partial charge in [0.05, 0.1) is 0 Å². The summed E-state index contributed by atoms with van der Waals surface area (Å²) < 4.78 is 0. The van der Waals surface area contributed by atoms with Gasteiger partial charge in [-0.05, 0) is 51.7 Å². The zero-order valence-electron chi connectivity index (χ0n) is 13.8. The van der Waals surface area contributed by atoms with Gasteiger partial charge in [-0.2, -0.15) is 0 Å². The minimum absolute atomic E-state index is 0.207. The molecule has 1 amide bonds. The number of nitrogens with zero attached hydrogens (tertiary/aromatic N) is 2. The highest BCUT2D eigenvalue weighted by molar-refractivity contribution is 5.79. The molecule has 1 aliphatic carbocycles. The van der Waals surface area contributed by atoms with Crippen LogP contribution in [0.4, 0.5) is 0 Å². The van der Waals surface area contributed by atoms with E-state index in [2.05, 4.69) is 37.7 Å². The van der Waals surface area contributed by atoms with Crippen LogP contribution < -0.4 is 5.73 Å². The van der Waals surface area contributed by atoms with Gasteiger partial charge in [0.2, 0.25) is 5.91 Å². The maximum atomic E-state index is 12.8. The first-order valence-corrected chi connectivity index (χ1v) is 8.07. The first-order chi connectivity index (χ1) is 9.43. The van der Waals surface area contributed by atoms with Crippen LogP contribution in [0.3, 0.4) is 0 Å². The molecule has 1 rings (SSSR count). The van der Waals surface area contributed by atoms with Crippen LogP contribution >= 0.6 is 0 Å². The van der Waals surface area contributed by atoms with E-state index >= 15 is 0 Å². The molecule has 0 aromatic rings.